The molecule has 0 unspecified atom stereocenters. The monoisotopic (exact) mass is 260 g/mol. The summed E-state index contributed by atoms with van der Waals surface area (Å²) in [6.07, 6.45) is 7.99. The summed E-state index contributed by atoms with van der Waals surface area (Å²) in [4.78, 5) is 22.8. The van der Waals surface area contributed by atoms with Gasteiger partial charge in [0.1, 0.15) is 0 Å². The van der Waals surface area contributed by atoms with Gasteiger partial charge < -0.3 is 5.11 Å². The maximum atomic E-state index is 12.0. The molecule has 1 aliphatic rings. The molecular weight excluding hydrogens is 240 g/mol. The van der Waals surface area contributed by atoms with Gasteiger partial charge in [0.15, 0.2) is 5.78 Å². The highest BCUT2D eigenvalue weighted by molar-refractivity contribution is 5.97. The van der Waals surface area contributed by atoms with E-state index in [1.807, 2.05) is 0 Å². The highest BCUT2D eigenvalue weighted by Crippen LogP contribution is 2.27. The lowest BCUT2D eigenvalue weighted by Gasteiger charge is -2.20. The molecule has 0 heterocycles. The summed E-state index contributed by atoms with van der Waals surface area (Å²) in [7, 11) is 0. The molecule has 1 aliphatic carbocycles. The van der Waals surface area contributed by atoms with Crippen LogP contribution in [0.15, 0.2) is 24.3 Å². The first-order chi connectivity index (χ1) is 9.16. The summed E-state index contributed by atoms with van der Waals surface area (Å²) in [5.74, 6) is -0.125. The Kier molecular flexibility index (Phi) is 4.72. The summed E-state index contributed by atoms with van der Waals surface area (Å²) >= 11 is 0. The third-order valence-electron chi connectivity index (χ3n) is 3.96. The predicted molar refractivity (Wildman–Crippen MR) is 73.5 cm³/mol. The summed E-state index contributed by atoms with van der Waals surface area (Å²) in [5, 5.41) is 8.80. The van der Waals surface area contributed by atoms with Crippen molar-refractivity contribution in [2.75, 3.05) is 0 Å². The van der Waals surface area contributed by atoms with Crippen molar-refractivity contribution in [3.05, 3.63) is 35.4 Å². The van der Waals surface area contributed by atoms with E-state index in [1.165, 1.54) is 44.2 Å². The highest BCUT2D eigenvalue weighted by atomic mass is 16.4. The van der Waals surface area contributed by atoms with E-state index < -0.39 is 5.97 Å². The number of hydrogen-bond acceptors (Lipinski definition) is 2. The zero-order valence-electron chi connectivity index (χ0n) is 11.1. The molecule has 1 aromatic carbocycles. The first kappa shape index (κ1) is 13.8. The van der Waals surface area contributed by atoms with Crippen LogP contribution in [-0.2, 0) is 0 Å². The van der Waals surface area contributed by atoms with E-state index in [0.717, 1.165) is 6.42 Å². The Bertz CT molecular complexity index is 442. The fraction of sp³-hybridized carbons (Fsp3) is 0.500. The number of ketones is 1. The van der Waals surface area contributed by atoms with Crippen molar-refractivity contribution in [1.82, 2.24) is 0 Å². The number of benzene rings is 1. The zero-order valence-corrected chi connectivity index (χ0v) is 11.1. The molecule has 19 heavy (non-hydrogen) atoms. The van der Waals surface area contributed by atoms with Crippen LogP contribution in [0, 0.1) is 5.92 Å². The molecular formula is C16H20O3. The number of carboxylic acids is 1. The molecule has 1 saturated carbocycles. The smallest absolute Gasteiger partial charge is 0.335 e. The molecule has 3 nitrogen and oxygen atoms in total. The minimum Gasteiger partial charge on any atom is -0.478 e. The fourth-order valence-corrected chi connectivity index (χ4v) is 2.75. The average Bonchev–Trinajstić information content (AvgIpc) is 2.46. The molecule has 0 spiro atoms. The van der Waals surface area contributed by atoms with E-state index in [9.17, 15) is 9.59 Å². The van der Waals surface area contributed by atoms with Crippen LogP contribution in [0.1, 0.15) is 65.7 Å². The quantitative estimate of drug-likeness (QED) is 0.816. The molecule has 0 amide bonds. The molecule has 3 heteroatoms. The van der Waals surface area contributed by atoms with E-state index in [0.29, 0.717) is 17.9 Å². The van der Waals surface area contributed by atoms with Crippen molar-refractivity contribution in [1.29, 1.82) is 0 Å². The Balaban J connectivity index is 1.86. The van der Waals surface area contributed by atoms with Crippen molar-refractivity contribution >= 4 is 11.8 Å². The van der Waals surface area contributed by atoms with Crippen LogP contribution in [0.5, 0.6) is 0 Å². The molecule has 102 valence electrons. The van der Waals surface area contributed by atoms with E-state index in [-0.39, 0.29) is 11.3 Å². The van der Waals surface area contributed by atoms with Gasteiger partial charge in [0.05, 0.1) is 5.56 Å². The second-order valence-electron chi connectivity index (χ2n) is 5.35. The van der Waals surface area contributed by atoms with E-state index in [2.05, 4.69) is 0 Å². The lowest BCUT2D eigenvalue weighted by atomic mass is 9.85. The molecule has 0 radical (unpaired) electrons. The molecule has 0 bridgehead atoms. The van der Waals surface area contributed by atoms with Crippen molar-refractivity contribution in [3.8, 4) is 0 Å². The average molecular weight is 260 g/mol. The van der Waals surface area contributed by atoms with Crippen molar-refractivity contribution in [2.45, 2.75) is 44.9 Å². The zero-order chi connectivity index (χ0) is 13.7. The topological polar surface area (TPSA) is 54.4 Å². The summed E-state index contributed by atoms with van der Waals surface area (Å²) in [6, 6.07) is 6.23. The number of hydrogen-bond donors (Lipinski definition) is 1. The maximum absolute atomic E-state index is 12.0. The van der Waals surface area contributed by atoms with Gasteiger partial charge in [-0.25, -0.2) is 4.79 Å². The normalized spacial score (nSPS) is 16.2. The van der Waals surface area contributed by atoms with Crippen molar-refractivity contribution in [2.24, 2.45) is 5.92 Å². The lowest BCUT2D eigenvalue weighted by Crippen LogP contribution is -2.09. The van der Waals surface area contributed by atoms with Gasteiger partial charge in [0, 0.05) is 12.0 Å². The summed E-state index contributed by atoms with van der Waals surface area (Å²) in [6.45, 7) is 0. The Hall–Kier alpha value is -1.64. The van der Waals surface area contributed by atoms with Crippen LogP contribution in [0.3, 0.4) is 0 Å². The molecule has 0 aliphatic heterocycles. The third kappa shape index (κ3) is 3.91. The number of carbonyl (C=O) groups is 2. The summed E-state index contributed by atoms with van der Waals surface area (Å²) in [5.41, 5.74) is 0.852. The highest BCUT2D eigenvalue weighted by Gasteiger charge is 2.15. The van der Waals surface area contributed by atoms with Crippen LogP contribution in [-0.4, -0.2) is 16.9 Å². The van der Waals surface area contributed by atoms with Crippen LogP contribution >= 0.6 is 0 Å². The predicted octanol–water partition coefficient (Wildman–Crippen LogP) is 3.93. The molecule has 0 aromatic heterocycles. The third-order valence-corrected chi connectivity index (χ3v) is 3.96. The van der Waals surface area contributed by atoms with Gasteiger partial charge in [-0.05, 0) is 24.5 Å². The van der Waals surface area contributed by atoms with Crippen LogP contribution in [0.4, 0.5) is 0 Å². The van der Waals surface area contributed by atoms with Gasteiger partial charge in [-0.3, -0.25) is 4.79 Å². The van der Waals surface area contributed by atoms with E-state index >= 15 is 0 Å². The Morgan fingerprint density at radius 2 is 1.58 bits per heavy atom. The minimum atomic E-state index is -0.957. The Morgan fingerprint density at radius 3 is 2.16 bits per heavy atom. The van der Waals surface area contributed by atoms with Gasteiger partial charge in [-0.2, -0.15) is 0 Å². The van der Waals surface area contributed by atoms with Crippen molar-refractivity contribution < 1.29 is 14.7 Å². The van der Waals surface area contributed by atoms with Gasteiger partial charge in [0.25, 0.3) is 0 Å². The van der Waals surface area contributed by atoms with E-state index in [4.69, 9.17) is 5.11 Å². The van der Waals surface area contributed by atoms with Gasteiger partial charge in [-0.15, -0.1) is 0 Å². The first-order valence-electron chi connectivity index (χ1n) is 7.03. The Labute approximate surface area is 113 Å². The molecule has 1 N–H and O–H groups in total. The SMILES string of the molecule is O=C(O)c1ccc(C(=O)CCC2CCCCC2)cc1. The van der Waals surface area contributed by atoms with Crippen LogP contribution in [0.2, 0.25) is 0 Å². The maximum Gasteiger partial charge on any atom is 0.335 e. The number of aromatic carboxylic acids is 1. The number of carboxylic acid groups (broad SMARTS) is 1. The lowest BCUT2D eigenvalue weighted by molar-refractivity contribution is 0.0696. The number of carbonyl (C=O) groups excluding carboxylic acids is 1. The number of Topliss-reactive ketones (excluding diaryl/α,β-unsaturated/α-hetero) is 1. The second-order valence-corrected chi connectivity index (χ2v) is 5.35. The largest absolute Gasteiger partial charge is 0.478 e. The fourth-order valence-electron chi connectivity index (χ4n) is 2.75. The standard InChI is InChI=1S/C16H20O3/c17-15(11-6-12-4-2-1-3-5-12)13-7-9-14(10-8-13)16(18)19/h7-10,12H,1-6,11H2,(H,18,19). The number of rotatable bonds is 5. The first-order valence-corrected chi connectivity index (χ1v) is 7.03. The molecule has 0 saturated heterocycles. The van der Waals surface area contributed by atoms with Gasteiger partial charge >= 0.3 is 5.97 Å². The van der Waals surface area contributed by atoms with Gasteiger partial charge in [-0.1, -0.05) is 44.2 Å². The molecule has 0 atom stereocenters. The van der Waals surface area contributed by atoms with E-state index in [1.54, 1.807) is 12.1 Å². The molecule has 2 rings (SSSR count). The van der Waals surface area contributed by atoms with Gasteiger partial charge in [0.2, 0.25) is 0 Å². The van der Waals surface area contributed by atoms with Crippen LogP contribution < -0.4 is 0 Å². The van der Waals surface area contributed by atoms with Crippen molar-refractivity contribution in [3.63, 3.8) is 0 Å². The molecule has 1 aromatic rings. The summed E-state index contributed by atoms with van der Waals surface area (Å²) < 4.78 is 0. The second kappa shape index (κ2) is 6.50. The minimum absolute atomic E-state index is 0.127. The van der Waals surface area contributed by atoms with Crippen LogP contribution in [0.25, 0.3) is 0 Å². The molecule has 1 fully saturated rings. The Morgan fingerprint density at radius 1 is 1.00 bits per heavy atom.